The van der Waals surface area contributed by atoms with Crippen LogP contribution in [0, 0.1) is 5.92 Å². The monoisotopic (exact) mass is 320 g/mol. The number of β-lactam (4-membered cyclic amide) rings is 1. The van der Waals surface area contributed by atoms with Gasteiger partial charge in [-0.05, 0) is 38.5 Å². The Hall–Kier alpha value is -1.10. The molecule has 2 aliphatic carbocycles. The third kappa shape index (κ3) is 2.31. The van der Waals surface area contributed by atoms with Crippen molar-refractivity contribution in [1.82, 2.24) is 9.80 Å². The Labute approximate surface area is 138 Å². The van der Waals surface area contributed by atoms with Crippen molar-refractivity contribution < 1.29 is 14.7 Å². The number of piperidine rings is 1. The lowest BCUT2D eigenvalue weighted by Crippen LogP contribution is -2.77. The summed E-state index contributed by atoms with van der Waals surface area (Å²) in [6.07, 6.45) is 9.59. The van der Waals surface area contributed by atoms with Gasteiger partial charge in [0.2, 0.25) is 5.91 Å². The van der Waals surface area contributed by atoms with E-state index in [2.05, 4.69) is 0 Å². The summed E-state index contributed by atoms with van der Waals surface area (Å²) in [5.41, 5.74) is -0.278. The molecule has 1 unspecified atom stereocenters. The Balaban J connectivity index is 1.39. The molecule has 1 atom stereocenters. The summed E-state index contributed by atoms with van der Waals surface area (Å²) in [7, 11) is 0. The Morgan fingerprint density at radius 1 is 1.00 bits per heavy atom. The van der Waals surface area contributed by atoms with E-state index in [-0.39, 0.29) is 23.4 Å². The number of rotatable bonds is 2. The van der Waals surface area contributed by atoms with Gasteiger partial charge in [0, 0.05) is 25.0 Å². The Bertz CT molecular complexity index is 488. The van der Waals surface area contributed by atoms with Crippen LogP contribution < -0.4 is 0 Å². The van der Waals surface area contributed by atoms with Crippen molar-refractivity contribution in [3.05, 3.63) is 0 Å². The summed E-state index contributed by atoms with van der Waals surface area (Å²) in [5, 5.41) is 10.3. The van der Waals surface area contributed by atoms with Gasteiger partial charge in [0.05, 0.1) is 5.54 Å². The van der Waals surface area contributed by atoms with Crippen LogP contribution in [0.15, 0.2) is 0 Å². The number of amides is 2. The van der Waals surface area contributed by atoms with E-state index in [9.17, 15) is 14.7 Å². The molecule has 4 fully saturated rings. The van der Waals surface area contributed by atoms with Gasteiger partial charge in [-0.15, -0.1) is 0 Å². The minimum absolute atomic E-state index is 0.0735. The third-order valence-electron chi connectivity index (χ3n) is 6.78. The maximum absolute atomic E-state index is 12.4. The number of hydrogen-bond acceptors (Lipinski definition) is 3. The summed E-state index contributed by atoms with van der Waals surface area (Å²) in [6.45, 7) is 1.55. The lowest BCUT2D eigenvalue weighted by atomic mass is 9.68. The lowest BCUT2D eigenvalue weighted by molar-refractivity contribution is -0.201. The highest BCUT2D eigenvalue weighted by atomic mass is 16.3. The standard InChI is InChI=1S/C18H28N2O3/c21-15-17(23)20(18(15)9-2-1-3-10-18)14-7-11-19(12-8-14)16(22)13-5-4-6-13/h13-15,21H,1-12H2. The summed E-state index contributed by atoms with van der Waals surface area (Å²) in [4.78, 5) is 28.7. The zero-order valence-electron chi connectivity index (χ0n) is 13.9. The smallest absolute Gasteiger partial charge is 0.254 e. The Kier molecular flexibility index (Phi) is 3.87. The average Bonchev–Trinajstić information content (AvgIpc) is 2.54. The summed E-state index contributed by atoms with van der Waals surface area (Å²) in [6, 6.07) is 0.217. The maximum atomic E-state index is 12.4. The van der Waals surface area contributed by atoms with E-state index >= 15 is 0 Å². The Morgan fingerprint density at radius 2 is 1.65 bits per heavy atom. The van der Waals surface area contributed by atoms with E-state index in [1.165, 1.54) is 12.8 Å². The molecule has 2 amide bonds. The quantitative estimate of drug-likeness (QED) is 0.788. The van der Waals surface area contributed by atoms with Crippen molar-refractivity contribution in [3.8, 4) is 0 Å². The summed E-state index contributed by atoms with van der Waals surface area (Å²) >= 11 is 0. The van der Waals surface area contributed by atoms with Gasteiger partial charge in [-0.1, -0.05) is 25.7 Å². The SMILES string of the molecule is O=C(C1CCC1)N1CCC(N2C(=O)C(O)C23CCCCC3)CC1. The normalized spacial score (nSPS) is 31.9. The molecule has 128 valence electrons. The number of carbonyl (C=O) groups is 2. The highest BCUT2D eigenvalue weighted by Gasteiger charge is 2.61. The van der Waals surface area contributed by atoms with Crippen LogP contribution in [0.1, 0.15) is 64.2 Å². The number of likely N-dealkylation sites (tertiary alicyclic amines) is 2. The second kappa shape index (κ2) is 5.76. The first-order chi connectivity index (χ1) is 11.1. The van der Waals surface area contributed by atoms with Gasteiger partial charge in [-0.25, -0.2) is 0 Å². The van der Waals surface area contributed by atoms with Crippen LogP contribution >= 0.6 is 0 Å². The van der Waals surface area contributed by atoms with E-state index in [1.54, 1.807) is 0 Å². The molecule has 0 bridgehead atoms. The molecular formula is C18H28N2O3. The van der Waals surface area contributed by atoms with Crippen molar-refractivity contribution in [1.29, 1.82) is 0 Å². The molecule has 1 spiro atoms. The van der Waals surface area contributed by atoms with Crippen LogP contribution in [0.5, 0.6) is 0 Å². The van der Waals surface area contributed by atoms with Crippen LogP contribution in [0.2, 0.25) is 0 Å². The average molecular weight is 320 g/mol. The minimum atomic E-state index is -0.780. The van der Waals surface area contributed by atoms with E-state index < -0.39 is 6.10 Å². The minimum Gasteiger partial charge on any atom is -0.381 e. The second-order valence-corrected chi connectivity index (χ2v) is 7.96. The molecule has 0 aromatic heterocycles. The molecule has 5 nitrogen and oxygen atoms in total. The largest absolute Gasteiger partial charge is 0.381 e. The fraction of sp³-hybridized carbons (Fsp3) is 0.889. The highest BCUT2D eigenvalue weighted by Crippen LogP contribution is 2.46. The molecule has 4 aliphatic rings. The fourth-order valence-corrected chi connectivity index (χ4v) is 5.13. The summed E-state index contributed by atoms with van der Waals surface area (Å²) in [5.74, 6) is 0.524. The van der Waals surface area contributed by atoms with E-state index in [0.717, 1.165) is 64.5 Å². The molecule has 2 saturated carbocycles. The second-order valence-electron chi connectivity index (χ2n) is 7.96. The molecule has 0 aromatic carbocycles. The van der Waals surface area contributed by atoms with Gasteiger partial charge in [0.25, 0.3) is 5.91 Å². The molecular weight excluding hydrogens is 292 g/mol. The van der Waals surface area contributed by atoms with Gasteiger partial charge in [0.1, 0.15) is 0 Å². The van der Waals surface area contributed by atoms with Crippen molar-refractivity contribution in [3.63, 3.8) is 0 Å². The first-order valence-corrected chi connectivity index (χ1v) is 9.43. The predicted molar refractivity (Wildman–Crippen MR) is 85.6 cm³/mol. The molecule has 5 heteroatoms. The molecule has 2 heterocycles. The van der Waals surface area contributed by atoms with Crippen molar-refractivity contribution in [2.45, 2.75) is 81.9 Å². The topological polar surface area (TPSA) is 60.9 Å². The summed E-state index contributed by atoms with van der Waals surface area (Å²) < 4.78 is 0. The van der Waals surface area contributed by atoms with Gasteiger partial charge in [0.15, 0.2) is 6.10 Å². The van der Waals surface area contributed by atoms with E-state index in [1.807, 2.05) is 9.80 Å². The molecule has 2 saturated heterocycles. The van der Waals surface area contributed by atoms with E-state index in [4.69, 9.17) is 0 Å². The van der Waals surface area contributed by atoms with Crippen molar-refractivity contribution in [2.75, 3.05) is 13.1 Å². The van der Waals surface area contributed by atoms with Gasteiger partial charge in [-0.3, -0.25) is 9.59 Å². The Morgan fingerprint density at radius 3 is 2.22 bits per heavy atom. The number of nitrogens with zero attached hydrogens (tertiary/aromatic N) is 2. The van der Waals surface area contributed by atoms with Gasteiger partial charge >= 0.3 is 0 Å². The number of hydrogen-bond donors (Lipinski definition) is 1. The van der Waals surface area contributed by atoms with Gasteiger partial charge < -0.3 is 14.9 Å². The lowest BCUT2D eigenvalue weighted by Gasteiger charge is -2.61. The van der Waals surface area contributed by atoms with Crippen molar-refractivity contribution in [2.24, 2.45) is 5.92 Å². The predicted octanol–water partition coefficient (Wildman–Crippen LogP) is 1.68. The van der Waals surface area contributed by atoms with Crippen molar-refractivity contribution >= 4 is 11.8 Å². The van der Waals surface area contributed by atoms with Crippen LogP contribution in [0.4, 0.5) is 0 Å². The van der Waals surface area contributed by atoms with Crippen LogP contribution in [-0.4, -0.2) is 57.5 Å². The number of carbonyl (C=O) groups excluding carboxylic acids is 2. The third-order valence-corrected chi connectivity index (χ3v) is 6.78. The van der Waals surface area contributed by atoms with Crippen LogP contribution in [0.25, 0.3) is 0 Å². The molecule has 0 aromatic rings. The van der Waals surface area contributed by atoms with E-state index in [0.29, 0.717) is 5.91 Å². The fourth-order valence-electron chi connectivity index (χ4n) is 5.13. The zero-order chi connectivity index (χ0) is 16.0. The first kappa shape index (κ1) is 15.4. The zero-order valence-corrected chi connectivity index (χ0v) is 13.9. The highest BCUT2D eigenvalue weighted by molar-refractivity contribution is 5.90. The molecule has 1 N–H and O–H groups in total. The molecule has 4 rings (SSSR count). The van der Waals surface area contributed by atoms with Gasteiger partial charge in [-0.2, -0.15) is 0 Å². The molecule has 2 aliphatic heterocycles. The molecule has 23 heavy (non-hydrogen) atoms. The number of aliphatic hydroxyl groups excluding tert-OH is 1. The molecule has 0 radical (unpaired) electrons. The maximum Gasteiger partial charge on any atom is 0.254 e. The first-order valence-electron chi connectivity index (χ1n) is 9.43. The van der Waals surface area contributed by atoms with Crippen LogP contribution in [0.3, 0.4) is 0 Å². The van der Waals surface area contributed by atoms with Crippen LogP contribution in [-0.2, 0) is 9.59 Å². The number of aliphatic hydroxyl groups is 1.